The number of sulfonamides is 1. The molecule has 32 heavy (non-hydrogen) atoms. The van der Waals surface area contributed by atoms with E-state index >= 15 is 0 Å². The average molecular weight is 452 g/mol. The lowest BCUT2D eigenvalue weighted by atomic mass is 10.1. The van der Waals surface area contributed by atoms with Crippen LogP contribution in [0.25, 0.3) is 0 Å². The summed E-state index contributed by atoms with van der Waals surface area (Å²) in [5, 5.41) is 5.50. The lowest BCUT2D eigenvalue weighted by molar-refractivity contribution is 0.0953. The Bertz CT molecular complexity index is 1220. The zero-order chi connectivity index (χ0) is 23.1. The molecule has 0 aliphatic rings. The second-order valence-corrected chi connectivity index (χ2v) is 8.97. The Balaban J connectivity index is 1.72. The average Bonchev–Trinajstić information content (AvgIpc) is 2.77. The lowest BCUT2D eigenvalue weighted by Gasteiger charge is -2.11. The van der Waals surface area contributed by atoms with Crippen LogP contribution in [0.5, 0.6) is 0 Å². The van der Waals surface area contributed by atoms with Crippen LogP contribution in [0.2, 0.25) is 0 Å². The predicted octanol–water partition coefficient (Wildman–Crippen LogP) is 4.19. The maximum atomic E-state index is 12.7. The maximum absolute atomic E-state index is 12.7. The van der Waals surface area contributed by atoms with E-state index in [1.807, 2.05) is 19.9 Å². The van der Waals surface area contributed by atoms with Gasteiger partial charge in [-0.1, -0.05) is 25.1 Å². The van der Waals surface area contributed by atoms with Gasteiger partial charge in [0, 0.05) is 29.0 Å². The van der Waals surface area contributed by atoms with Crippen molar-refractivity contribution in [2.24, 2.45) is 0 Å². The Morgan fingerprint density at radius 3 is 2.22 bits per heavy atom. The van der Waals surface area contributed by atoms with Gasteiger partial charge in [-0.05, 0) is 73.5 Å². The molecule has 0 aromatic heterocycles. The summed E-state index contributed by atoms with van der Waals surface area (Å²) < 4.78 is 28.0. The van der Waals surface area contributed by atoms with Crippen molar-refractivity contribution in [3.63, 3.8) is 0 Å². The number of rotatable bonds is 8. The van der Waals surface area contributed by atoms with Gasteiger partial charge in [0.2, 0.25) is 0 Å². The first-order chi connectivity index (χ1) is 15.3. The molecular weight excluding hydrogens is 426 g/mol. The van der Waals surface area contributed by atoms with Crippen LogP contribution >= 0.6 is 0 Å². The molecule has 0 aliphatic carbocycles. The van der Waals surface area contributed by atoms with Crippen LogP contribution in [-0.2, 0) is 10.0 Å². The summed E-state index contributed by atoms with van der Waals surface area (Å²) in [5.41, 5.74) is 2.55. The molecule has 0 fully saturated rings. The summed E-state index contributed by atoms with van der Waals surface area (Å²) in [4.78, 5) is 24.6. The summed E-state index contributed by atoms with van der Waals surface area (Å²) in [7, 11) is -3.86. The smallest absolute Gasteiger partial charge is 0.261 e. The maximum Gasteiger partial charge on any atom is 0.261 e. The van der Waals surface area contributed by atoms with Gasteiger partial charge < -0.3 is 10.6 Å². The second kappa shape index (κ2) is 10.1. The minimum absolute atomic E-state index is 0.0189. The molecule has 0 bridgehead atoms. The quantitative estimate of drug-likeness (QED) is 0.478. The van der Waals surface area contributed by atoms with Gasteiger partial charge in [-0.15, -0.1) is 0 Å². The van der Waals surface area contributed by atoms with E-state index in [0.717, 1.165) is 12.0 Å². The molecule has 2 amide bonds. The van der Waals surface area contributed by atoms with Crippen LogP contribution in [0.3, 0.4) is 0 Å². The highest BCUT2D eigenvalue weighted by atomic mass is 32.2. The Labute approximate surface area is 187 Å². The van der Waals surface area contributed by atoms with Crippen LogP contribution in [0.15, 0.2) is 77.7 Å². The van der Waals surface area contributed by atoms with Gasteiger partial charge >= 0.3 is 0 Å². The molecule has 0 atom stereocenters. The van der Waals surface area contributed by atoms with E-state index < -0.39 is 15.9 Å². The first-order valence-corrected chi connectivity index (χ1v) is 11.7. The van der Waals surface area contributed by atoms with E-state index in [1.165, 1.54) is 24.3 Å². The van der Waals surface area contributed by atoms with Crippen LogP contribution in [0, 0.1) is 6.92 Å². The molecule has 166 valence electrons. The number of carbonyl (C=O) groups excluding carboxylic acids is 2. The number of aryl methyl sites for hydroxylation is 1. The molecule has 8 heteroatoms. The van der Waals surface area contributed by atoms with E-state index in [0.29, 0.717) is 23.5 Å². The van der Waals surface area contributed by atoms with Crippen molar-refractivity contribution >= 4 is 33.2 Å². The highest BCUT2D eigenvalue weighted by molar-refractivity contribution is 7.92. The molecule has 0 saturated heterocycles. The zero-order valence-corrected chi connectivity index (χ0v) is 18.7. The third-order valence-corrected chi connectivity index (χ3v) is 6.00. The molecule has 3 N–H and O–H groups in total. The standard InChI is InChI=1S/C24H25N3O4S/c1-3-14-25-23(28)18-10-12-20(13-11-18)26-24(29)19-7-5-9-22(16-19)32(30,31)27-21-8-4-6-17(2)15-21/h4-13,15-16,27H,3,14H2,1-2H3,(H,25,28)(H,26,29). The van der Waals surface area contributed by atoms with E-state index in [1.54, 1.807) is 42.5 Å². The van der Waals surface area contributed by atoms with Gasteiger partial charge in [0.15, 0.2) is 0 Å². The minimum atomic E-state index is -3.86. The molecule has 0 radical (unpaired) electrons. The fraction of sp³-hybridized carbons (Fsp3) is 0.167. The molecular formula is C24H25N3O4S. The van der Waals surface area contributed by atoms with E-state index in [-0.39, 0.29) is 16.4 Å². The number of nitrogens with one attached hydrogen (secondary N) is 3. The number of benzene rings is 3. The van der Waals surface area contributed by atoms with Crippen molar-refractivity contribution in [3.8, 4) is 0 Å². The Hall–Kier alpha value is -3.65. The number of carbonyl (C=O) groups is 2. The Morgan fingerprint density at radius 1 is 0.812 bits per heavy atom. The number of hydrogen-bond donors (Lipinski definition) is 3. The summed E-state index contributed by atoms with van der Waals surface area (Å²) in [6, 6.07) is 19.3. The molecule has 3 aromatic carbocycles. The van der Waals surface area contributed by atoms with Crippen molar-refractivity contribution in [2.75, 3.05) is 16.6 Å². The monoisotopic (exact) mass is 451 g/mol. The van der Waals surface area contributed by atoms with Crippen LogP contribution in [0.1, 0.15) is 39.6 Å². The Morgan fingerprint density at radius 2 is 1.53 bits per heavy atom. The first-order valence-electron chi connectivity index (χ1n) is 10.2. The van der Waals surface area contributed by atoms with Gasteiger partial charge in [-0.2, -0.15) is 0 Å². The molecule has 0 aliphatic heterocycles. The number of amides is 2. The third kappa shape index (κ3) is 5.95. The zero-order valence-electron chi connectivity index (χ0n) is 17.9. The first kappa shape index (κ1) is 23.0. The number of hydrogen-bond acceptors (Lipinski definition) is 4. The molecule has 0 spiro atoms. The second-order valence-electron chi connectivity index (χ2n) is 7.29. The fourth-order valence-electron chi connectivity index (χ4n) is 2.98. The highest BCUT2D eigenvalue weighted by Crippen LogP contribution is 2.19. The van der Waals surface area contributed by atoms with Gasteiger partial charge in [-0.3, -0.25) is 14.3 Å². The van der Waals surface area contributed by atoms with Crippen molar-refractivity contribution in [3.05, 3.63) is 89.5 Å². The number of anilines is 2. The SMILES string of the molecule is CCCNC(=O)c1ccc(NC(=O)c2cccc(S(=O)(=O)Nc3cccc(C)c3)c2)cc1. The van der Waals surface area contributed by atoms with Gasteiger partial charge in [0.25, 0.3) is 21.8 Å². The van der Waals surface area contributed by atoms with E-state index in [9.17, 15) is 18.0 Å². The van der Waals surface area contributed by atoms with Gasteiger partial charge in [0.1, 0.15) is 0 Å². The van der Waals surface area contributed by atoms with E-state index in [2.05, 4.69) is 15.4 Å². The largest absolute Gasteiger partial charge is 0.352 e. The molecule has 0 unspecified atom stereocenters. The molecule has 0 saturated carbocycles. The lowest BCUT2D eigenvalue weighted by Crippen LogP contribution is -2.23. The molecule has 7 nitrogen and oxygen atoms in total. The fourth-order valence-corrected chi connectivity index (χ4v) is 4.07. The van der Waals surface area contributed by atoms with Crippen molar-refractivity contribution in [1.29, 1.82) is 0 Å². The van der Waals surface area contributed by atoms with Gasteiger partial charge in [0.05, 0.1) is 4.90 Å². The summed E-state index contributed by atoms with van der Waals surface area (Å²) in [6.45, 7) is 4.43. The molecule has 0 heterocycles. The molecule has 3 rings (SSSR count). The summed E-state index contributed by atoms with van der Waals surface area (Å²) in [5.74, 6) is -0.635. The summed E-state index contributed by atoms with van der Waals surface area (Å²) >= 11 is 0. The highest BCUT2D eigenvalue weighted by Gasteiger charge is 2.17. The van der Waals surface area contributed by atoms with Crippen molar-refractivity contribution in [2.45, 2.75) is 25.2 Å². The minimum Gasteiger partial charge on any atom is -0.352 e. The van der Waals surface area contributed by atoms with Crippen molar-refractivity contribution < 1.29 is 18.0 Å². The van der Waals surface area contributed by atoms with Crippen molar-refractivity contribution in [1.82, 2.24) is 5.32 Å². The molecule has 3 aromatic rings. The Kier molecular flexibility index (Phi) is 7.27. The van der Waals surface area contributed by atoms with Gasteiger partial charge in [-0.25, -0.2) is 8.42 Å². The van der Waals surface area contributed by atoms with Crippen LogP contribution in [0.4, 0.5) is 11.4 Å². The predicted molar refractivity (Wildman–Crippen MR) is 125 cm³/mol. The van der Waals surface area contributed by atoms with Crippen LogP contribution < -0.4 is 15.4 Å². The third-order valence-electron chi connectivity index (χ3n) is 4.62. The van der Waals surface area contributed by atoms with E-state index in [4.69, 9.17) is 0 Å². The normalized spacial score (nSPS) is 10.9. The topological polar surface area (TPSA) is 104 Å². The van der Waals surface area contributed by atoms with Crippen LogP contribution in [-0.4, -0.2) is 26.8 Å². The summed E-state index contributed by atoms with van der Waals surface area (Å²) in [6.07, 6.45) is 0.842.